The van der Waals surface area contributed by atoms with Gasteiger partial charge in [-0.2, -0.15) is 0 Å². The molecule has 1 atom stereocenters. The normalized spacial score (nSPS) is 12.3. The summed E-state index contributed by atoms with van der Waals surface area (Å²) >= 11 is 0. The van der Waals surface area contributed by atoms with Gasteiger partial charge in [-0.15, -0.1) is 0 Å². The number of nitrogens with zero attached hydrogens (tertiary/aromatic N) is 2. The number of nitrogens with two attached hydrogens (primary N) is 1. The fourth-order valence-corrected chi connectivity index (χ4v) is 4.08. The Kier molecular flexibility index (Phi) is 7.66. The molecule has 1 heterocycles. The number of hydrogen-bond donors (Lipinski definition) is 1. The van der Waals surface area contributed by atoms with Gasteiger partial charge in [0.25, 0.3) is 5.56 Å². The second-order valence-corrected chi connectivity index (χ2v) is 8.66. The first-order valence-electron chi connectivity index (χ1n) is 10.9. The molecule has 9 heteroatoms. The standard InChI is InChI=1S/C25H28F3N3O3/c1-14(2)11-16(29)12-31-24(32)22(17-7-5-10-21(34-4)23(17)28)15(3)30(25(31)33)13-18-19(26)8-6-9-20(18)27/h5-10,14,16H,11-13,29H2,1-4H3/t16-/m0/s1. The molecule has 0 aliphatic rings. The summed E-state index contributed by atoms with van der Waals surface area (Å²) in [7, 11) is 1.29. The lowest BCUT2D eigenvalue weighted by Crippen LogP contribution is -2.46. The number of methoxy groups -OCH3 is 1. The summed E-state index contributed by atoms with van der Waals surface area (Å²) in [5.41, 5.74) is 4.19. The summed E-state index contributed by atoms with van der Waals surface area (Å²) in [6.07, 6.45) is 0.532. The number of benzene rings is 2. The molecule has 182 valence electrons. The Labute approximate surface area is 195 Å². The van der Waals surface area contributed by atoms with E-state index in [2.05, 4.69) is 0 Å². The van der Waals surface area contributed by atoms with E-state index in [-0.39, 0.29) is 40.6 Å². The van der Waals surface area contributed by atoms with E-state index in [9.17, 15) is 18.4 Å². The smallest absolute Gasteiger partial charge is 0.331 e. The van der Waals surface area contributed by atoms with E-state index >= 15 is 4.39 Å². The third-order valence-electron chi connectivity index (χ3n) is 5.71. The molecular formula is C25H28F3N3O3. The molecule has 0 saturated carbocycles. The van der Waals surface area contributed by atoms with Crippen molar-refractivity contribution in [2.75, 3.05) is 7.11 Å². The minimum atomic E-state index is -0.838. The van der Waals surface area contributed by atoms with E-state index in [0.29, 0.717) is 6.42 Å². The van der Waals surface area contributed by atoms with Crippen LogP contribution in [0.1, 0.15) is 31.5 Å². The molecule has 0 amide bonds. The summed E-state index contributed by atoms with van der Waals surface area (Å²) in [6.45, 7) is 4.73. The topological polar surface area (TPSA) is 79.2 Å². The number of ether oxygens (including phenoxy) is 1. The van der Waals surface area contributed by atoms with Gasteiger partial charge in [-0.05, 0) is 37.5 Å². The lowest BCUT2D eigenvalue weighted by molar-refractivity contribution is 0.387. The second kappa shape index (κ2) is 10.3. The van der Waals surface area contributed by atoms with E-state index in [1.807, 2.05) is 13.8 Å². The molecule has 3 rings (SSSR count). The fraction of sp³-hybridized carbons (Fsp3) is 0.360. The Morgan fingerprint density at radius 2 is 1.62 bits per heavy atom. The van der Waals surface area contributed by atoms with Crippen molar-refractivity contribution in [2.45, 2.75) is 46.3 Å². The van der Waals surface area contributed by atoms with Crippen molar-refractivity contribution in [2.24, 2.45) is 11.7 Å². The summed E-state index contributed by atoms with van der Waals surface area (Å²) in [6, 6.07) is 7.14. The van der Waals surface area contributed by atoms with Gasteiger partial charge in [0.05, 0.1) is 19.2 Å². The first-order chi connectivity index (χ1) is 16.1. The maximum Gasteiger partial charge on any atom is 0.331 e. The van der Waals surface area contributed by atoms with E-state index < -0.39 is 41.3 Å². The highest BCUT2D eigenvalue weighted by molar-refractivity contribution is 5.67. The molecule has 0 unspecified atom stereocenters. The highest BCUT2D eigenvalue weighted by Crippen LogP contribution is 2.29. The predicted molar refractivity (Wildman–Crippen MR) is 125 cm³/mol. The minimum absolute atomic E-state index is 0.0680. The molecule has 3 aromatic rings. The van der Waals surface area contributed by atoms with Gasteiger partial charge < -0.3 is 10.5 Å². The van der Waals surface area contributed by atoms with Crippen LogP contribution in [0.2, 0.25) is 0 Å². The largest absolute Gasteiger partial charge is 0.494 e. The van der Waals surface area contributed by atoms with Gasteiger partial charge in [0.1, 0.15) is 11.6 Å². The fourth-order valence-electron chi connectivity index (χ4n) is 4.08. The molecular weight excluding hydrogens is 447 g/mol. The molecule has 0 aliphatic carbocycles. The van der Waals surface area contributed by atoms with Crippen LogP contribution >= 0.6 is 0 Å². The molecule has 0 radical (unpaired) electrons. The van der Waals surface area contributed by atoms with Gasteiger partial charge in [-0.25, -0.2) is 18.0 Å². The van der Waals surface area contributed by atoms with Gasteiger partial charge in [0.15, 0.2) is 11.6 Å². The van der Waals surface area contributed by atoms with Crippen molar-refractivity contribution < 1.29 is 17.9 Å². The number of rotatable bonds is 8. The molecule has 0 fully saturated rings. The summed E-state index contributed by atoms with van der Waals surface area (Å²) in [5, 5.41) is 0. The van der Waals surface area contributed by atoms with Gasteiger partial charge in [0.2, 0.25) is 0 Å². The molecule has 6 nitrogen and oxygen atoms in total. The van der Waals surface area contributed by atoms with E-state index in [0.717, 1.165) is 21.3 Å². The second-order valence-electron chi connectivity index (χ2n) is 8.66. The van der Waals surface area contributed by atoms with E-state index in [1.165, 1.54) is 38.3 Å². The van der Waals surface area contributed by atoms with Crippen molar-refractivity contribution >= 4 is 0 Å². The lowest BCUT2D eigenvalue weighted by atomic mass is 10.0. The lowest BCUT2D eigenvalue weighted by Gasteiger charge is -2.21. The van der Waals surface area contributed by atoms with Crippen LogP contribution in [0.25, 0.3) is 11.1 Å². The molecule has 2 aromatic carbocycles. The van der Waals surface area contributed by atoms with Gasteiger partial charge >= 0.3 is 5.69 Å². The van der Waals surface area contributed by atoms with Gasteiger partial charge in [-0.3, -0.25) is 13.9 Å². The Morgan fingerprint density at radius 1 is 1.00 bits per heavy atom. The number of hydrogen-bond acceptors (Lipinski definition) is 4. The number of halogens is 3. The third-order valence-corrected chi connectivity index (χ3v) is 5.71. The first-order valence-corrected chi connectivity index (χ1v) is 10.9. The van der Waals surface area contributed by atoms with Crippen LogP contribution in [0.3, 0.4) is 0 Å². The molecule has 0 aliphatic heterocycles. The van der Waals surface area contributed by atoms with E-state index in [4.69, 9.17) is 10.5 Å². The zero-order chi connectivity index (χ0) is 25.2. The first kappa shape index (κ1) is 25.3. The number of aromatic nitrogens is 2. The summed E-state index contributed by atoms with van der Waals surface area (Å²) in [4.78, 5) is 26.8. The van der Waals surface area contributed by atoms with Gasteiger partial charge in [0, 0.05) is 29.4 Å². The Balaban J connectivity index is 2.31. The SMILES string of the molecule is COc1cccc(-c2c(C)n(Cc3c(F)cccc3F)c(=O)n(C[C@@H](N)CC(C)C)c2=O)c1F. The maximum atomic E-state index is 15.2. The van der Waals surface area contributed by atoms with Crippen LogP contribution in [0.5, 0.6) is 5.75 Å². The quantitative estimate of drug-likeness (QED) is 0.537. The zero-order valence-electron chi connectivity index (χ0n) is 19.6. The predicted octanol–water partition coefficient (Wildman–Crippen LogP) is 3.83. The molecule has 1 aromatic heterocycles. The maximum absolute atomic E-state index is 15.2. The summed E-state index contributed by atoms with van der Waals surface area (Å²) in [5.74, 6) is -2.34. The van der Waals surface area contributed by atoms with Crippen molar-refractivity contribution in [3.63, 3.8) is 0 Å². The Morgan fingerprint density at radius 3 is 2.21 bits per heavy atom. The average molecular weight is 476 g/mol. The third kappa shape index (κ3) is 4.94. The van der Waals surface area contributed by atoms with Crippen LogP contribution in [0.15, 0.2) is 46.0 Å². The monoisotopic (exact) mass is 475 g/mol. The minimum Gasteiger partial charge on any atom is -0.494 e. The Bertz CT molecular complexity index is 1290. The van der Waals surface area contributed by atoms with Crippen LogP contribution < -0.4 is 21.7 Å². The molecule has 0 bridgehead atoms. The zero-order valence-corrected chi connectivity index (χ0v) is 19.6. The molecule has 0 spiro atoms. The molecule has 0 saturated heterocycles. The molecule has 34 heavy (non-hydrogen) atoms. The Hall–Kier alpha value is -3.33. The van der Waals surface area contributed by atoms with Crippen molar-refractivity contribution in [1.29, 1.82) is 0 Å². The summed E-state index contributed by atoms with van der Waals surface area (Å²) < 4.78 is 51.0. The average Bonchev–Trinajstić information content (AvgIpc) is 2.76. The molecule has 2 N–H and O–H groups in total. The van der Waals surface area contributed by atoms with E-state index in [1.54, 1.807) is 0 Å². The van der Waals surface area contributed by atoms with Gasteiger partial charge in [-0.1, -0.05) is 32.0 Å². The van der Waals surface area contributed by atoms with Crippen molar-refractivity contribution in [3.05, 3.63) is 85.9 Å². The highest BCUT2D eigenvalue weighted by Gasteiger charge is 2.24. The van der Waals surface area contributed by atoms with Crippen molar-refractivity contribution in [3.8, 4) is 16.9 Å². The van der Waals surface area contributed by atoms with Crippen LogP contribution in [-0.2, 0) is 13.1 Å². The van der Waals surface area contributed by atoms with Crippen LogP contribution in [0, 0.1) is 30.3 Å². The van der Waals surface area contributed by atoms with Crippen molar-refractivity contribution in [1.82, 2.24) is 9.13 Å². The van der Waals surface area contributed by atoms with Crippen LogP contribution in [0.4, 0.5) is 13.2 Å². The highest BCUT2D eigenvalue weighted by atomic mass is 19.1. The van der Waals surface area contributed by atoms with Crippen LogP contribution in [-0.4, -0.2) is 22.3 Å².